The lowest BCUT2D eigenvalue weighted by molar-refractivity contribution is 0.329. The molecule has 0 aliphatic carbocycles. The molecule has 0 saturated heterocycles. The second-order valence-electron chi connectivity index (χ2n) is 5.41. The van der Waals surface area contributed by atoms with Crippen molar-refractivity contribution in [2.24, 2.45) is 5.92 Å². The van der Waals surface area contributed by atoms with Gasteiger partial charge in [0.2, 0.25) is 10.0 Å². The number of sulfonamides is 1. The fraction of sp³-hybridized carbons (Fsp3) is 0.667. The lowest BCUT2D eigenvalue weighted by Crippen LogP contribution is -2.42. The van der Waals surface area contributed by atoms with E-state index in [-0.39, 0.29) is 10.3 Å². The van der Waals surface area contributed by atoms with Crippen molar-refractivity contribution in [3.8, 4) is 0 Å². The average molecular weight is 305 g/mol. The summed E-state index contributed by atoms with van der Waals surface area (Å²) in [5.41, 5.74) is 6.06. The van der Waals surface area contributed by atoms with E-state index in [0.29, 0.717) is 18.2 Å². The second-order valence-corrected chi connectivity index (χ2v) is 8.26. The second kappa shape index (κ2) is 6.69. The topological polar surface area (TPSA) is 75.4 Å². The molecule has 110 valence electrons. The van der Waals surface area contributed by atoms with E-state index in [9.17, 15) is 8.42 Å². The zero-order chi connectivity index (χ0) is 14.6. The minimum absolute atomic E-state index is 0.0941. The van der Waals surface area contributed by atoms with Crippen LogP contribution in [0.1, 0.15) is 20.3 Å². The van der Waals surface area contributed by atoms with Crippen molar-refractivity contribution in [2.75, 3.05) is 26.4 Å². The molecule has 0 fully saturated rings. The number of thiophene rings is 1. The Kier molecular flexibility index (Phi) is 5.79. The lowest BCUT2D eigenvalue weighted by Gasteiger charge is -2.23. The molecule has 3 N–H and O–H groups in total. The van der Waals surface area contributed by atoms with Gasteiger partial charge < -0.3 is 10.6 Å². The number of likely N-dealkylation sites (N-methyl/N-ethyl adjacent to an activating group) is 1. The average Bonchev–Trinajstić information content (AvgIpc) is 2.62. The minimum Gasteiger partial charge on any atom is -0.398 e. The van der Waals surface area contributed by atoms with Crippen LogP contribution in [0.25, 0.3) is 0 Å². The van der Waals surface area contributed by atoms with Crippen molar-refractivity contribution in [3.05, 3.63) is 11.4 Å². The van der Waals surface area contributed by atoms with E-state index in [2.05, 4.69) is 18.6 Å². The first-order valence-corrected chi connectivity index (χ1v) is 8.58. The molecule has 1 atom stereocenters. The maximum absolute atomic E-state index is 12.2. The van der Waals surface area contributed by atoms with E-state index in [4.69, 9.17) is 5.73 Å². The Labute approximate surface area is 119 Å². The van der Waals surface area contributed by atoms with Gasteiger partial charge in [0, 0.05) is 23.7 Å². The van der Waals surface area contributed by atoms with Crippen LogP contribution in [-0.4, -0.2) is 40.0 Å². The molecule has 1 unspecified atom stereocenters. The summed E-state index contributed by atoms with van der Waals surface area (Å²) >= 11 is 1.15. The van der Waals surface area contributed by atoms with Gasteiger partial charge in [-0.05, 0) is 32.5 Å². The van der Waals surface area contributed by atoms with Crippen molar-refractivity contribution < 1.29 is 8.42 Å². The molecule has 0 saturated carbocycles. The number of anilines is 1. The monoisotopic (exact) mass is 305 g/mol. The van der Waals surface area contributed by atoms with Crippen molar-refractivity contribution in [1.82, 2.24) is 9.62 Å². The van der Waals surface area contributed by atoms with Gasteiger partial charge in [-0.2, -0.15) is 0 Å². The molecule has 0 amide bonds. The molecule has 1 heterocycles. The van der Waals surface area contributed by atoms with Gasteiger partial charge in [-0.3, -0.25) is 0 Å². The highest BCUT2D eigenvalue weighted by Crippen LogP contribution is 2.22. The fourth-order valence-corrected chi connectivity index (χ4v) is 4.26. The third kappa shape index (κ3) is 5.48. The zero-order valence-electron chi connectivity index (χ0n) is 11.9. The molecule has 19 heavy (non-hydrogen) atoms. The number of hydrogen-bond acceptors (Lipinski definition) is 5. The molecule has 1 aromatic heterocycles. The van der Waals surface area contributed by atoms with Crippen LogP contribution >= 0.6 is 11.3 Å². The largest absolute Gasteiger partial charge is 0.398 e. The Morgan fingerprint density at radius 2 is 2.05 bits per heavy atom. The minimum atomic E-state index is -3.47. The van der Waals surface area contributed by atoms with Crippen molar-refractivity contribution in [2.45, 2.75) is 30.5 Å². The van der Waals surface area contributed by atoms with E-state index in [1.54, 1.807) is 5.38 Å². The molecular weight excluding hydrogens is 282 g/mol. The van der Waals surface area contributed by atoms with Crippen LogP contribution in [0.3, 0.4) is 0 Å². The highest BCUT2D eigenvalue weighted by molar-refractivity contribution is 7.91. The van der Waals surface area contributed by atoms with Crippen LogP contribution in [-0.2, 0) is 10.0 Å². The number of nitrogens with one attached hydrogen (secondary N) is 1. The quantitative estimate of drug-likeness (QED) is 0.802. The first-order chi connectivity index (χ1) is 8.70. The molecule has 7 heteroatoms. The highest BCUT2D eigenvalue weighted by atomic mass is 32.2. The molecule has 0 bridgehead atoms. The van der Waals surface area contributed by atoms with Crippen LogP contribution in [0, 0.1) is 5.92 Å². The van der Waals surface area contributed by atoms with Crippen molar-refractivity contribution in [3.63, 3.8) is 0 Å². The summed E-state index contributed by atoms with van der Waals surface area (Å²) < 4.78 is 27.5. The maximum atomic E-state index is 12.2. The van der Waals surface area contributed by atoms with Gasteiger partial charge in [0.05, 0.1) is 0 Å². The summed E-state index contributed by atoms with van der Waals surface area (Å²) in [4.78, 5) is 1.98. The summed E-state index contributed by atoms with van der Waals surface area (Å²) in [6.45, 7) is 4.85. The first-order valence-electron chi connectivity index (χ1n) is 6.21. The van der Waals surface area contributed by atoms with Crippen molar-refractivity contribution >= 4 is 27.0 Å². The van der Waals surface area contributed by atoms with E-state index in [1.807, 2.05) is 19.0 Å². The molecule has 1 aromatic rings. The standard InChI is InChI=1S/C12H23N3O2S2/c1-9(2)5-11(7-15(3)4)14-19(16,17)12-6-10(13)8-18-12/h6,8-9,11,14H,5,7,13H2,1-4H3. The molecule has 0 aromatic carbocycles. The van der Waals surface area contributed by atoms with E-state index in [0.717, 1.165) is 17.8 Å². The van der Waals surface area contributed by atoms with Crippen LogP contribution in [0.4, 0.5) is 5.69 Å². The number of nitrogens with two attached hydrogens (primary N) is 1. The predicted molar refractivity (Wildman–Crippen MR) is 80.8 cm³/mol. The van der Waals surface area contributed by atoms with Gasteiger partial charge in [-0.15, -0.1) is 11.3 Å². The zero-order valence-corrected chi connectivity index (χ0v) is 13.5. The molecule has 5 nitrogen and oxygen atoms in total. The van der Waals surface area contributed by atoms with E-state index in [1.165, 1.54) is 6.07 Å². The van der Waals surface area contributed by atoms with Crippen LogP contribution < -0.4 is 10.5 Å². The van der Waals surface area contributed by atoms with Crippen LogP contribution in [0.15, 0.2) is 15.7 Å². The summed E-state index contributed by atoms with van der Waals surface area (Å²) in [6.07, 6.45) is 0.804. The first kappa shape index (κ1) is 16.4. The fourth-order valence-electron chi connectivity index (χ4n) is 1.92. The molecule has 0 aliphatic rings. The van der Waals surface area contributed by atoms with Gasteiger partial charge in [-0.25, -0.2) is 13.1 Å². The number of hydrogen-bond donors (Lipinski definition) is 2. The summed E-state index contributed by atoms with van der Waals surface area (Å²) in [5, 5.41) is 1.64. The molecule has 0 radical (unpaired) electrons. The van der Waals surface area contributed by atoms with Gasteiger partial charge in [-0.1, -0.05) is 13.8 Å². The predicted octanol–water partition coefficient (Wildman–Crippen LogP) is 1.58. The Bertz CT molecular complexity index is 485. The SMILES string of the molecule is CC(C)CC(CN(C)C)NS(=O)(=O)c1cc(N)cs1. The Balaban J connectivity index is 2.82. The third-order valence-electron chi connectivity index (χ3n) is 2.52. The summed E-state index contributed by atoms with van der Waals surface area (Å²) in [7, 11) is 0.402. The Hall–Kier alpha value is -0.630. The number of rotatable bonds is 7. The number of nitrogens with zero attached hydrogens (tertiary/aromatic N) is 1. The van der Waals surface area contributed by atoms with Gasteiger partial charge in [0.1, 0.15) is 4.21 Å². The van der Waals surface area contributed by atoms with Crippen LogP contribution in [0.5, 0.6) is 0 Å². The highest BCUT2D eigenvalue weighted by Gasteiger charge is 2.22. The van der Waals surface area contributed by atoms with Crippen molar-refractivity contribution in [1.29, 1.82) is 0 Å². The van der Waals surface area contributed by atoms with Gasteiger partial charge in [0.15, 0.2) is 0 Å². The normalized spacial score (nSPS) is 14.2. The van der Waals surface area contributed by atoms with E-state index < -0.39 is 10.0 Å². The molecular formula is C12H23N3O2S2. The molecule has 1 rings (SSSR count). The summed E-state index contributed by atoms with van der Waals surface area (Å²) in [6, 6.07) is 1.40. The maximum Gasteiger partial charge on any atom is 0.250 e. The lowest BCUT2D eigenvalue weighted by atomic mass is 10.0. The Morgan fingerprint density at radius 3 is 2.47 bits per heavy atom. The summed E-state index contributed by atoms with van der Waals surface area (Å²) in [5.74, 6) is 0.432. The third-order valence-corrected chi connectivity index (χ3v) is 5.50. The smallest absolute Gasteiger partial charge is 0.250 e. The van der Waals surface area contributed by atoms with Gasteiger partial charge >= 0.3 is 0 Å². The molecule has 0 aliphatic heterocycles. The van der Waals surface area contributed by atoms with Gasteiger partial charge in [0.25, 0.3) is 0 Å². The van der Waals surface area contributed by atoms with E-state index >= 15 is 0 Å². The Morgan fingerprint density at radius 1 is 1.42 bits per heavy atom. The number of nitrogen functional groups attached to an aromatic ring is 1. The molecule has 0 spiro atoms. The van der Waals surface area contributed by atoms with Crippen LogP contribution in [0.2, 0.25) is 0 Å².